The fourth-order valence-corrected chi connectivity index (χ4v) is 2.27. The highest BCUT2D eigenvalue weighted by Crippen LogP contribution is 2.36. The van der Waals surface area contributed by atoms with E-state index in [1.165, 1.54) is 17.0 Å². The SMILES string of the molecule is CC1=C(C)C(Cl)N(c2cccc(C(F)(F)F)c2)C1=O. The molecule has 0 saturated carbocycles. The lowest BCUT2D eigenvalue weighted by Gasteiger charge is -2.22. The van der Waals surface area contributed by atoms with Crippen LogP contribution in [0.15, 0.2) is 35.4 Å². The van der Waals surface area contributed by atoms with Gasteiger partial charge in [0.25, 0.3) is 5.91 Å². The Labute approximate surface area is 113 Å². The van der Waals surface area contributed by atoms with Crippen molar-refractivity contribution in [3.05, 3.63) is 41.0 Å². The standard InChI is InChI=1S/C13H11ClF3NO/c1-7-8(2)12(19)18(11(7)14)10-5-3-4-9(6-10)13(15,16)17/h3-6,11H,1-2H3. The minimum atomic E-state index is -4.45. The van der Waals surface area contributed by atoms with Crippen LogP contribution in [0.5, 0.6) is 0 Å². The lowest BCUT2D eigenvalue weighted by Crippen LogP contribution is -2.32. The molecule has 1 aromatic carbocycles. The van der Waals surface area contributed by atoms with Crippen LogP contribution in [-0.2, 0) is 11.0 Å². The number of carbonyl (C=O) groups is 1. The van der Waals surface area contributed by atoms with Gasteiger partial charge in [0, 0.05) is 11.3 Å². The van der Waals surface area contributed by atoms with Gasteiger partial charge in [0.2, 0.25) is 0 Å². The van der Waals surface area contributed by atoms with Crippen molar-refractivity contribution < 1.29 is 18.0 Å². The summed E-state index contributed by atoms with van der Waals surface area (Å²) in [6, 6.07) is 4.59. The van der Waals surface area contributed by atoms with Crippen molar-refractivity contribution in [3.8, 4) is 0 Å². The van der Waals surface area contributed by atoms with Gasteiger partial charge in [-0.05, 0) is 37.6 Å². The van der Waals surface area contributed by atoms with Gasteiger partial charge in [-0.3, -0.25) is 9.69 Å². The lowest BCUT2D eigenvalue weighted by atomic mass is 10.2. The van der Waals surface area contributed by atoms with Crippen molar-refractivity contribution in [2.45, 2.75) is 25.5 Å². The third-order valence-electron chi connectivity index (χ3n) is 3.17. The molecule has 0 saturated heterocycles. The monoisotopic (exact) mass is 289 g/mol. The molecule has 0 fully saturated rings. The van der Waals surface area contributed by atoms with E-state index in [1.807, 2.05) is 0 Å². The minimum absolute atomic E-state index is 0.149. The predicted octanol–water partition coefficient (Wildman–Crippen LogP) is 3.95. The molecule has 2 rings (SSSR count). The van der Waals surface area contributed by atoms with Gasteiger partial charge >= 0.3 is 6.18 Å². The molecule has 0 bridgehead atoms. The number of halogens is 4. The summed E-state index contributed by atoms with van der Waals surface area (Å²) in [5, 5.41) is 0. The molecule has 19 heavy (non-hydrogen) atoms. The van der Waals surface area contributed by atoms with Gasteiger partial charge in [0.05, 0.1) is 5.56 Å². The molecule has 1 aromatic rings. The maximum Gasteiger partial charge on any atom is 0.416 e. The van der Waals surface area contributed by atoms with Crippen LogP contribution in [0.3, 0.4) is 0 Å². The quantitative estimate of drug-likeness (QED) is 0.566. The van der Waals surface area contributed by atoms with E-state index in [-0.39, 0.29) is 11.6 Å². The Kier molecular flexibility index (Phi) is 3.34. The molecule has 1 aliphatic heterocycles. The number of benzene rings is 1. The van der Waals surface area contributed by atoms with Crippen molar-refractivity contribution in [2.75, 3.05) is 4.90 Å². The van der Waals surface area contributed by atoms with Gasteiger partial charge in [-0.2, -0.15) is 13.2 Å². The van der Waals surface area contributed by atoms with Crippen LogP contribution in [0.25, 0.3) is 0 Å². The topological polar surface area (TPSA) is 20.3 Å². The van der Waals surface area contributed by atoms with Crippen molar-refractivity contribution in [2.24, 2.45) is 0 Å². The first-order valence-electron chi connectivity index (χ1n) is 5.55. The third kappa shape index (κ3) is 2.34. The van der Waals surface area contributed by atoms with E-state index >= 15 is 0 Å². The van der Waals surface area contributed by atoms with E-state index in [9.17, 15) is 18.0 Å². The van der Waals surface area contributed by atoms with Crippen LogP contribution < -0.4 is 4.90 Å². The summed E-state index contributed by atoms with van der Waals surface area (Å²) in [4.78, 5) is 13.2. The van der Waals surface area contributed by atoms with Crippen molar-refractivity contribution in [1.29, 1.82) is 0 Å². The first kappa shape index (κ1) is 13.9. The summed E-state index contributed by atoms with van der Waals surface area (Å²) < 4.78 is 38.0. The molecule has 1 unspecified atom stereocenters. The highest BCUT2D eigenvalue weighted by molar-refractivity contribution is 6.30. The van der Waals surface area contributed by atoms with Crippen molar-refractivity contribution >= 4 is 23.2 Å². The van der Waals surface area contributed by atoms with Crippen LogP contribution in [-0.4, -0.2) is 11.4 Å². The number of hydrogen-bond donors (Lipinski definition) is 0. The van der Waals surface area contributed by atoms with Crippen molar-refractivity contribution in [1.82, 2.24) is 0 Å². The number of carbonyl (C=O) groups excluding carboxylic acids is 1. The highest BCUT2D eigenvalue weighted by atomic mass is 35.5. The zero-order chi connectivity index (χ0) is 14.4. The maximum absolute atomic E-state index is 12.7. The summed E-state index contributed by atoms with van der Waals surface area (Å²) in [7, 11) is 0. The maximum atomic E-state index is 12.7. The van der Waals surface area contributed by atoms with Crippen molar-refractivity contribution in [3.63, 3.8) is 0 Å². The molecule has 0 aromatic heterocycles. The Balaban J connectivity index is 2.42. The number of rotatable bonds is 1. The molecule has 0 N–H and O–H groups in total. The molecular formula is C13H11ClF3NO. The summed E-state index contributed by atoms with van der Waals surface area (Å²) in [6.45, 7) is 3.30. The predicted molar refractivity (Wildman–Crippen MR) is 66.9 cm³/mol. The van der Waals surface area contributed by atoms with E-state index in [2.05, 4.69) is 0 Å². The van der Waals surface area contributed by atoms with E-state index in [0.717, 1.165) is 12.1 Å². The lowest BCUT2D eigenvalue weighted by molar-refractivity contribution is -0.137. The van der Waals surface area contributed by atoms with Gasteiger partial charge in [-0.25, -0.2) is 0 Å². The fraction of sp³-hybridized carbons (Fsp3) is 0.308. The first-order valence-corrected chi connectivity index (χ1v) is 5.99. The second-order valence-corrected chi connectivity index (χ2v) is 4.78. The molecule has 0 spiro atoms. The number of hydrogen-bond acceptors (Lipinski definition) is 1. The normalized spacial score (nSPS) is 20.4. The Morgan fingerprint density at radius 2 is 1.89 bits per heavy atom. The summed E-state index contributed by atoms with van der Waals surface area (Å²) in [6.07, 6.45) is -4.45. The van der Waals surface area contributed by atoms with E-state index in [4.69, 9.17) is 11.6 Å². The highest BCUT2D eigenvalue weighted by Gasteiger charge is 2.36. The summed E-state index contributed by atoms with van der Waals surface area (Å²) in [5.41, 5.74) is -0.266. The van der Waals surface area contributed by atoms with Gasteiger partial charge in [0.1, 0.15) is 5.50 Å². The third-order valence-corrected chi connectivity index (χ3v) is 3.69. The Hall–Kier alpha value is -1.49. The van der Waals surface area contributed by atoms with Gasteiger partial charge < -0.3 is 0 Å². The van der Waals surface area contributed by atoms with Crippen LogP contribution >= 0.6 is 11.6 Å². The fourth-order valence-electron chi connectivity index (χ4n) is 1.90. The largest absolute Gasteiger partial charge is 0.416 e. The van der Waals surface area contributed by atoms with Crippen LogP contribution in [0, 0.1) is 0 Å². The Bertz CT molecular complexity index is 565. The van der Waals surface area contributed by atoms with Gasteiger partial charge in [0.15, 0.2) is 0 Å². The molecule has 102 valence electrons. The summed E-state index contributed by atoms with van der Waals surface area (Å²) in [5.74, 6) is -0.364. The average Bonchev–Trinajstić information content (AvgIpc) is 2.53. The molecule has 0 aliphatic carbocycles. The second kappa shape index (κ2) is 4.56. The molecule has 1 aliphatic rings. The Morgan fingerprint density at radius 3 is 2.37 bits per heavy atom. The minimum Gasteiger partial charge on any atom is -0.288 e. The van der Waals surface area contributed by atoms with Crippen LogP contribution in [0.4, 0.5) is 18.9 Å². The van der Waals surface area contributed by atoms with Gasteiger partial charge in [-0.15, -0.1) is 0 Å². The zero-order valence-electron chi connectivity index (χ0n) is 10.3. The van der Waals surface area contributed by atoms with E-state index in [0.29, 0.717) is 11.1 Å². The second-order valence-electron chi connectivity index (χ2n) is 4.37. The number of nitrogens with zero attached hydrogens (tertiary/aromatic N) is 1. The Morgan fingerprint density at radius 1 is 1.26 bits per heavy atom. The van der Waals surface area contributed by atoms with E-state index in [1.54, 1.807) is 13.8 Å². The number of alkyl halides is 4. The smallest absolute Gasteiger partial charge is 0.288 e. The molecule has 0 radical (unpaired) electrons. The molecular weight excluding hydrogens is 279 g/mol. The summed E-state index contributed by atoms with van der Waals surface area (Å²) >= 11 is 6.09. The van der Waals surface area contributed by atoms with Gasteiger partial charge in [-0.1, -0.05) is 17.7 Å². The van der Waals surface area contributed by atoms with E-state index < -0.39 is 17.2 Å². The molecule has 1 heterocycles. The molecule has 1 amide bonds. The number of anilines is 1. The molecule has 1 atom stereocenters. The average molecular weight is 290 g/mol. The molecule has 6 heteroatoms. The number of amides is 1. The van der Waals surface area contributed by atoms with Crippen LogP contribution in [0.2, 0.25) is 0 Å². The molecule has 2 nitrogen and oxygen atoms in total. The van der Waals surface area contributed by atoms with Crippen LogP contribution in [0.1, 0.15) is 19.4 Å². The zero-order valence-corrected chi connectivity index (χ0v) is 11.0. The first-order chi connectivity index (χ1) is 8.73.